The van der Waals surface area contributed by atoms with E-state index in [1.165, 1.54) is 6.08 Å². The number of carbonyl (C=O) groups is 3. The van der Waals surface area contributed by atoms with Gasteiger partial charge in [0, 0.05) is 6.08 Å². The molecule has 0 aliphatic heterocycles. The number of alkyl carbamates (subject to hydrolysis) is 1. The topological polar surface area (TPSA) is 93.7 Å². The molecule has 0 spiro atoms. The summed E-state index contributed by atoms with van der Waals surface area (Å²) >= 11 is 0. The Bertz CT molecular complexity index is 740. The van der Waals surface area contributed by atoms with Gasteiger partial charge in [-0.2, -0.15) is 0 Å². The summed E-state index contributed by atoms with van der Waals surface area (Å²) in [4.78, 5) is 37.1. The first-order valence-corrected chi connectivity index (χ1v) is 10.7. The van der Waals surface area contributed by atoms with E-state index in [-0.39, 0.29) is 18.4 Å². The molecule has 0 aromatic heterocycles. The maximum atomic E-state index is 13.1. The molecule has 0 fully saturated rings. The van der Waals surface area contributed by atoms with Crippen molar-refractivity contribution in [2.45, 2.75) is 72.1 Å². The van der Waals surface area contributed by atoms with Crippen LogP contribution >= 0.6 is 0 Å². The number of rotatable bonds is 10. The highest BCUT2D eigenvalue weighted by atomic mass is 16.6. The van der Waals surface area contributed by atoms with Crippen LogP contribution in [0.25, 0.3) is 0 Å². The van der Waals surface area contributed by atoms with Gasteiger partial charge in [0.1, 0.15) is 11.6 Å². The van der Waals surface area contributed by atoms with Gasteiger partial charge in [0.2, 0.25) is 5.91 Å². The zero-order valence-corrected chi connectivity index (χ0v) is 19.4. The molecule has 31 heavy (non-hydrogen) atoms. The Balaban J connectivity index is 2.98. The van der Waals surface area contributed by atoms with Gasteiger partial charge in [-0.1, -0.05) is 56.7 Å². The second kappa shape index (κ2) is 12.8. The van der Waals surface area contributed by atoms with E-state index < -0.39 is 29.7 Å². The molecule has 172 valence electrons. The second-order valence-corrected chi connectivity index (χ2v) is 8.43. The van der Waals surface area contributed by atoms with Crippen molar-refractivity contribution in [3.8, 4) is 0 Å². The van der Waals surface area contributed by atoms with Gasteiger partial charge in [-0.3, -0.25) is 4.79 Å². The van der Waals surface area contributed by atoms with Gasteiger partial charge in [-0.15, -0.1) is 0 Å². The Kier molecular flexibility index (Phi) is 10.8. The summed E-state index contributed by atoms with van der Waals surface area (Å²) in [7, 11) is 0. The van der Waals surface area contributed by atoms with Gasteiger partial charge in [-0.25, -0.2) is 9.59 Å². The maximum absolute atomic E-state index is 13.1. The van der Waals surface area contributed by atoms with E-state index in [0.29, 0.717) is 12.8 Å². The van der Waals surface area contributed by atoms with E-state index in [4.69, 9.17) is 9.47 Å². The number of ether oxygens (including phenoxy) is 2. The highest BCUT2D eigenvalue weighted by molar-refractivity contribution is 5.87. The Hall–Kier alpha value is -2.83. The molecule has 3 atom stereocenters. The van der Waals surface area contributed by atoms with Crippen LogP contribution in [-0.4, -0.2) is 42.3 Å². The van der Waals surface area contributed by atoms with Gasteiger partial charge in [0.05, 0.1) is 12.6 Å². The second-order valence-electron chi connectivity index (χ2n) is 8.43. The summed E-state index contributed by atoms with van der Waals surface area (Å²) in [5.41, 5.74) is 0.334. The zero-order chi connectivity index (χ0) is 23.4. The molecule has 1 aromatic carbocycles. The van der Waals surface area contributed by atoms with Crippen LogP contribution in [-0.2, 0) is 25.5 Å². The molecule has 0 bridgehead atoms. The van der Waals surface area contributed by atoms with Gasteiger partial charge < -0.3 is 20.1 Å². The highest BCUT2D eigenvalue weighted by Crippen LogP contribution is 2.12. The number of carbonyl (C=O) groups excluding carboxylic acids is 3. The number of esters is 1. The number of benzene rings is 1. The van der Waals surface area contributed by atoms with Crippen molar-refractivity contribution in [3.63, 3.8) is 0 Å². The normalized spacial score (nSPS) is 14.4. The fourth-order valence-corrected chi connectivity index (χ4v) is 2.83. The van der Waals surface area contributed by atoms with Crippen LogP contribution in [0.5, 0.6) is 0 Å². The molecule has 0 radical (unpaired) electrons. The lowest BCUT2D eigenvalue weighted by atomic mass is 9.97. The molecule has 1 aromatic rings. The average molecular weight is 433 g/mol. The Morgan fingerprint density at radius 3 is 2.26 bits per heavy atom. The molecule has 7 nitrogen and oxygen atoms in total. The fraction of sp³-hybridized carbons (Fsp3) is 0.542. The van der Waals surface area contributed by atoms with Crippen molar-refractivity contribution in [1.29, 1.82) is 0 Å². The van der Waals surface area contributed by atoms with E-state index in [9.17, 15) is 14.4 Å². The van der Waals surface area contributed by atoms with Crippen molar-refractivity contribution < 1.29 is 23.9 Å². The third kappa shape index (κ3) is 10.7. The SMILES string of the molecule is CCOC(=O)/C=C/[C@H](Cc1ccccc1)NC(=O)[C@@H](NC(=O)OC(C)(C)C)[C@@H](C)CC. The van der Waals surface area contributed by atoms with Crippen LogP contribution in [0, 0.1) is 5.92 Å². The van der Waals surface area contributed by atoms with Crippen LogP contribution in [0.3, 0.4) is 0 Å². The number of hydrogen-bond acceptors (Lipinski definition) is 5. The lowest BCUT2D eigenvalue weighted by molar-refractivity contribution is -0.137. The summed E-state index contributed by atoms with van der Waals surface area (Å²) in [5, 5.41) is 5.63. The molecule has 0 aliphatic rings. The quantitative estimate of drug-likeness (QED) is 0.434. The third-order valence-corrected chi connectivity index (χ3v) is 4.54. The monoisotopic (exact) mass is 432 g/mol. The first-order valence-electron chi connectivity index (χ1n) is 10.7. The van der Waals surface area contributed by atoms with Crippen LogP contribution in [0.1, 0.15) is 53.5 Å². The number of nitrogens with one attached hydrogen (secondary N) is 2. The minimum Gasteiger partial charge on any atom is -0.463 e. The molecule has 0 saturated heterocycles. The predicted molar refractivity (Wildman–Crippen MR) is 120 cm³/mol. The van der Waals surface area contributed by atoms with Crippen molar-refractivity contribution in [2.24, 2.45) is 5.92 Å². The molecule has 7 heteroatoms. The molecule has 2 N–H and O–H groups in total. The lowest BCUT2D eigenvalue weighted by Gasteiger charge is -2.27. The maximum Gasteiger partial charge on any atom is 0.408 e. The number of hydrogen-bond donors (Lipinski definition) is 2. The fourth-order valence-electron chi connectivity index (χ4n) is 2.83. The first kappa shape index (κ1) is 26.2. The molecule has 0 aliphatic carbocycles. The van der Waals surface area contributed by atoms with E-state index >= 15 is 0 Å². The first-order chi connectivity index (χ1) is 14.6. The summed E-state index contributed by atoms with van der Waals surface area (Å²) < 4.78 is 10.3. The van der Waals surface area contributed by atoms with Gasteiger partial charge in [-0.05, 0) is 45.6 Å². The van der Waals surface area contributed by atoms with Crippen LogP contribution in [0.2, 0.25) is 0 Å². The molecular weight excluding hydrogens is 396 g/mol. The standard InChI is InChI=1S/C24H36N2O5/c1-7-17(3)21(26-23(29)31-24(4,5)6)22(28)25-19(14-15-20(27)30-8-2)16-18-12-10-9-11-13-18/h9-15,17,19,21H,7-8,16H2,1-6H3,(H,25,28)(H,26,29)/b15-14+/t17-,19+,21-/m0/s1. The van der Waals surface area contributed by atoms with Crippen molar-refractivity contribution in [1.82, 2.24) is 10.6 Å². The Morgan fingerprint density at radius 2 is 1.71 bits per heavy atom. The molecule has 1 rings (SSSR count). The van der Waals surface area contributed by atoms with E-state index in [2.05, 4.69) is 10.6 Å². The van der Waals surface area contributed by atoms with E-state index in [1.54, 1.807) is 33.8 Å². The van der Waals surface area contributed by atoms with Crippen LogP contribution < -0.4 is 10.6 Å². The summed E-state index contributed by atoms with van der Waals surface area (Å²) in [5.74, 6) is -0.922. The van der Waals surface area contributed by atoms with Crippen molar-refractivity contribution >= 4 is 18.0 Å². The summed E-state index contributed by atoms with van der Waals surface area (Å²) in [6.07, 6.45) is 3.47. The van der Waals surface area contributed by atoms with Crippen molar-refractivity contribution in [3.05, 3.63) is 48.0 Å². The smallest absolute Gasteiger partial charge is 0.408 e. The predicted octanol–water partition coefficient (Wildman–Crippen LogP) is 3.77. The van der Waals surface area contributed by atoms with Crippen LogP contribution in [0.4, 0.5) is 4.79 Å². The van der Waals surface area contributed by atoms with Gasteiger partial charge in [0.15, 0.2) is 0 Å². The molecular formula is C24H36N2O5. The largest absolute Gasteiger partial charge is 0.463 e. The Morgan fingerprint density at radius 1 is 1.06 bits per heavy atom. The summed E-state index contributed by atoms with van der Waals surface area (Å²) in [6.45, 7) is 11.1. The number of amides is 2. The van der Waals surface area contributed by atoms with Crippen LogP contribution in [0.15, 0.2) is 42.5 Å². The van der Waals surface area contributed by atoms with Gasteiger partial charge >= 0.3 is 12.1 Å². The molecule has 0 saturated carbocycles. The third-order valence-electron chi connectivity index (χ3n) is 4.54. The zero-order valence-electron chi connectivity index (χ0n) is 19.4. The molecule has 2 amide bonds. The Labute approximate surface area is 185 Å². The molecule has 0 heterocycles. The molecule has 0 unspecified atom stereocenters. The summed E-state index contributed by atoms with van der Waals surface area (Å²) in [6, 6.07) is 8.41. The average Bonchev–Trinajstić information content (AvgIpc) is 2.69. The van der Waals surface area contributed by atoms with Gasteiger partial charge in [0.25, 0.3) is 0 Å². The van der Waals surface area contributed by atoms with E-state index in [1.807, 2.05) is 44.2 Å². The van der Waals surface area contributed by atoms with Crippen molar-refractivity contribution in [2.75, 3.05) is 6.61 Å². The minimum atomic E-state index is -0.769. The minimum absolute atomic E-state index is 0.112. The highest BCUT2D eigenvalue weighted by Gasteiger charge is 2.29. The van der Waals surface area contributed by atoms with E-state index in [0.717, 1.165) is 5.56 Å². The lowest BCUT2D eigenvalue weighted by Crippen LogP contribution is -2.53.